The number of nitrogens with one attached hydrogen (secondary N) is 1. The van der Waals surface area contributed by atoms with Crippen LogP contribution in [0.4, 0.5) is 4.79 Å². The first-order chi connectivity index (χ1) is 5.92. The van der Waals surface area contributed by atoms with Gasteiger partial charge >= 0.3 is 6.09 Å². The third-order valence-electron chi connectivity index (χ3n) is 1.80. The summed E-state index contributed by atoms with van der Waals surface area (Å²) >= 11 is 0. The fourth-order valence-corrected chi connectivity index (χ4v) is 1.04. The van der Waals surface area contributed by atoms with Crippen molar-refractivity contribution in [3.8, 4) is 0 Å². The highest BCUT2D eigenvalue weighted by atomic mass is 16.5. The van der Waals surface area contributed by atoms with Gasteiger partial charge in [-0.25, -0.2) is 4.79 Å². The zero-order chi connectivity index (χ0) is 10.1. The molecule has 1 amide bonds. The number of rotatable bonds is 1. The zero-order valence-electron chi connectivity index (χ0n) is 7.53. The summed E-state index contributed by atoms with van der Waals surface area (Å²) in [5, 5.41) is 9.72. The lowest BCUT2D eigenvalue weighted by atomic mass is 10.2. The second kappa shape index (κ2) is 3.31. The molecule has 0 radical (unpaired) electrons. The van der Waals surface area contributed by atoms with Gasteiger partial charge < -0.3 is 9.84 Å². The van der Waals surface area contributed by atoms with Crippen LogP contribution in [-0.4, -0.2) is 40.9 Å². The fourth-order valence-electron chi connectivity index (χ4n) is 1.04. The molecule has 1 fully saturated rings. The number of Topliss-reactive ketones (excluding diaryl/α,β-unsaturated/α-hetero) is 1. The predicted molar refractivity (Wildman–Crippen MR) is 42.9 cm³/mol. The van der Waals surface area contributed by atoms with Crippen LogP contribution in [0.1, 0.15) is 13.8 Å². The van der Waals surface area contributed by atoms with Gasteiger partial charge in [0.05, 0.1) is 6.54 Å². The summed E-state index contributed by atoms with van der Waals surface area (Å²) in [6.45, 7) is 3.45. The molecule has 0 aromatic rings. The minimum absolute atomic E-state index is 0.0325. The summed E-state index contributed by atoms with van der Waals surface area (Å²) in [7, 11) is 0. The first-order valence-electron chi connectivity index (χ1n) is 3.85. The van der Waals surface area contributed by atoms with Crippen LogP contribution < -0.4 is 5.43 Å². The van der Waals surface area contributed by atoms with Gasteiger partial charge in [-0.15, -0.1) is 0 Å². The first-order valence-corrected chi connectivity index (χ1v) is 3.85. The Balaban J connectivity index is 2.66. The van der Waals surface area contributed by atoms with Crippen molar-refractivity contribution in [2.75, 3.05) is 13.2 Å². The number of hydrazine groups is 1. The van der Waals surface area contributed by atoms with E-state index >= 15 is 0 Å². The zero-order valence-corrected chi connectivity index (χ0v) is 7.53. The summed E-state index contributed by atoms with van der Waals surface area (Å²) in [5.41, 5.74) is 1.34. The lowest BCUT2D eigenvalue weighted by molar-refractivity contribution is -0.185. The SMILES string of the molecule is CC1(C)OCC(=O)CN1NC(=O)O. The molecule has 1 aliphatic rings. The highest BCUT2D eigenvalue weighted by Gasteiger charge is 2.35. The maximum absolute atomic E-state index is 10.9. The topological polar surface area (TPSA) is 78.9 Å². The van der Waals surface area contributed by atoms with Crippen LogP contribution in [0, 0.1) is 0 Å². The van der Waals surface area contributed by atoms with Crippen molar-refractivity contribution < 1.29 is 19.4 Å². The van der Waals surface area contributed by atoms with E-state index in [0.29, 0.717) is 0 Å². The summed E-state index contributed by atoms with van der Waals surface area (Å²) in [5.74, 6) is -0.145. The number of amides is 1. The Morgan fingerprint density at radius 1 is 1.69 bits per heavy atom. The predicted octanol–water partition coefficient (Wildman–Crippen LogP) is -0.194. The van der Waals surface area contributed by atoms with Crippen molar-refractivity contribution in [3.05, 3.63) is 0 Å². The third-order valence-corrected chi connectivity index (χ3v) is 1.80. The molecule has 0 unspecified atom stereocenters. The molecule has 1 aliphatic heterocycles. The Morgan fingerprint density at radius 2 is 2.31 bits per heavy atom. The number of ether oxygens (including phenoxy) is 1. The Morgan fingerprint density at radius 3 is 2.85 bits per heavy atom. The van der Waals surface area contributed by atoms with E-state index in [1.165, 1.54) is 5.01 Å². The first kappa shape index (κ1) is 9.94. The summed E-state index contributed by atoms with van der Waals surface area (Å²) in [6, 6.07) is 0. The molecule has 13 heavy (non-hydrogen) atoms. The van der Waals surface area contributed by atoms with E-state index in [9.17, 15) is 9.59 Å². The Hall–Kier alpha value is -1.14. The van der Waals surface area contributed by atoms with E-state index in [1.54, 1.807) is 13.8 Å². The van der Waals surface area contributed by atoms with Crippen molar-refractivity contribution in [2.45, 2.75) is 19.6 Å². The molecule has 0 atom stereocenters. The van der Waals surface area contributed by atoms with Gasteiger partial charge in [0.15, 0.2) is 5.78 Å². The van der Waals surface area contributed by atoms with Gasteiger partial charge in [0.1, 0.15) is 12.3 Å². The van der Waals surface area contributed by atoms with Crippen molar-refractivity contribution in [1.82, 2.24) is 10.4 Å². The quantitative estimate of drug-likeness (QED) is 0.596. The van der Waals surface area contributed by atoms with Gasteiger partial charge in [0.2, 0.25) is 0 Å². The van der Waals surface area contributed by atoms with Crippen LogP contribution >= 0.6 is 0 Å². The van der Waals surface area contributed by atoms with Crippen LogP contribution in [0.3, 0.4) is 0 Å². The second-order valence-corrected chi connectivity index (χ2v) is 3.28. The van der Waals surface area contributed by atoms with Crippen LogP contribution in [0.15, 0.2) is 0 Å². The molecule has 0 saturated carbocycles. The smallest absolute Gasteiger partial charge is 0.419 e. The Labute approximate surface area is 75.4 Å². The van der Waals surface area contributed by atoms with Crippen LogP contribution in [0.25, 0.3) is 0 Å². The van der Waals surface area contributed by atoms with Gasteiger partial charge in [-0.05, 0) is 13.8 Å². The summed E-state index contributed by atoms with van der Waals surface area (Å²) in [4.78, 5) is 21.3. The summed E-state index contributed by atoms with van der Waals surface area (Å²) < 4.78 is 5.14. The molecule has 6 heteroatoms. The van der Waals surface area contributed by atoms with Gasteiger partial charge in [0.25, 0.3) is 0 Å². The van der Waals surface area contributed by atoms with Gasteiger partial charge in [-0.3, -0.25) is 10.2 Å². The second-order valence-electron chi connectivity index (χ2n) is 3.28. The Kier molecular flexibility index (Phi) is 2.53. The van der Waals surface area contributed by atoms with Crippen LogP contribution in [-0.2, 0) is 9.53 Å². The lowest BCUT2D eigenvalue weighted by Gasteiger charge is -2.40. The molecule has 74 valence electrons. The third kappa shape index (κ3) is 2.40. The molecule has 1 saturated heterocycles. The minimum atomic E-state index is -1.20. The number of hydrogen-bond donors (Lipinski definition) is 2. The molecule has 0 spiro atoms. The highest BCUT2D eigenvalue weighted by Crippen LogP contribution is 2.17. The number of carbonyl (C=O) groups excluding carboxylic acids is 1. The minimum Gasteiger partial charge on any atom is -0.464 e. The van der Waals surface area contributed by atoms with Crippen LogP contribution in [0.5, 0.6) is 0 Å². The van der Waals surface area contributed by atoms with E-state index in [4.69, 9.17) is 9.84 Å². The van der Waals surface area contributed by atoms with E-state index < -0.39 is 11.8 Å². The van der Waals surface area contributed by atoms with Crippen molar-refractivity contribution in [3.63, 3.8) is 0 Å². The normalized spacial score (nSPS) is 22.8. The molecule has 6 nitrogen and oxygen atoms in total. The average molecular weight is 188 g/mol. The number of hydrogen-bond acceptors (Lipinski definition) is 4. The molecular formula is C7H12N2O4. The van der Waals surface area contributed by atoms with Crippen molar-refractivity contribution in [1.29, 1.82) is 0 Å². The van der Waals surface area contributed by atoms with Gasteiger partial charge in [-0.1, -0.05) is 0 Å². The van der Waals surface area contributed by atoms with Crippen molar-refractivity contribution in [2.24, 2.45) is 0 Å². The Bertz CT molecular complexity index is 237. The largest absolute Gasteiger partial charge is 0.464 e. The van der Waals surface area contributed by atoms with E-state index in [2.05, 4.69) is 5.43 Å². The molecule has 1 heterocycles. The number of ketones is 1. The van der Waals surface area contributed by atoms with Gasteiger partial charge in [0, 0.05) is 0 Å². The lowest BCUT2D eigenvalue weighted by Crippen LogP contribution is -2.61. The standard InChI is InChI=1S/C7H12N2O4/c1-7(2)9(8-6(11)12)3-5(10)4-13-7/h8H,3-4H2,1-2H3,(H,11,12). The molecule has 0 bridgehead atoms. The maximum atomic E-state index is 10.9. The molecular weight excluding hydrogens is 176 g/mol. The maximum Gasteiger partial charge on any atom is 0.419 e. The molecule has 1 rings (SSSR count). The van der Waals surface area contributed by atoms with E-state index in [1.807, 2.05) is 0 Å². The summed E-state index contributed by atoms with van der Waals surface area (Å²) in [6.07, 6.45) is -1.20. The van der Waals surface area contributed by atoms with E-state index in [-0.39, 0.29) is 18.9 Å². The number of nitrogens with zero attached hydrogens (tertiary/aromatic N) is 1. The average Bonchev–Trinajstić information content (AvgIpc) is 1.97. The molecule has 0 aromatic heterocycles. The number of carbonyl (C=O) groups is 2. The fraction of sp³-hybridized carbons (Fsp3) is 0.714. The van der Waals surface area contributed by atoms with Gasteiger partial charge in [-0.2, -0.15) is 5.01 Å². The molecule has 2 N–H and O–H groups in total. The van der Waals surface area contributed by atoms with E-state index in [0.717, 1.165) is 0 Å². The number of carboxylic acid groups (broad SMARTS) is 1. The molecule has 0 aromatic carbocycles. The van der Waals surface area contributed by atoms with Crippen LogP contribution in [0.2, 0.25) is 0 Å². The molecule has 0 aliphatic carbocycles. The highest BCUT2D eigenvalue weighted by molar-refractivity contribution is 5.82. The monoisotopic (exact) mass is 188 g/mol. The van der Waals surface area contributed by atoms with Crippen molar-refractivity contribution >= 4 is 11.9 Å².